The van der Waals surface area contributed by atoms with Crippen LogP contribution in [0, 0.1) is 19.8 Å². The Kier molecular flexibility index (Phi) is 7.52. The van der Waals surface area contributed by atoms with Gasteiger partial charge in [0.15, 0.2) is 0 Å². The van der Waals surface area contributed by atoms with Crippen molar-refractivity contribution in [2.24, 2.45) is 5.92 Å². The molecule has 5 heteroatoms. The minimum absolute atomic E-state index is 0. The lowest BCUT2D eigenvalue weighted by molar-refractivity contribution is -0.125. The Morgan fingerprint density at radius 1 is 1.39 bits per heavy atom. The SMILES string of the molecule is CNCC(C)C(=O)NC(C)c1cc(C)sc1C.Cl. The van der Waals surface area contributed by atoms with Gasteiger partial charge in [-0.05, 0) is 39.4 Å². The molecule has 0 fully saturated rings. The van der Waals surface area contributed by atoms with Gasteiger partial charge in [0, 0.05) is 22.2 Å². The molecule has 0 spiro atoms. The predicted molar refractivity (Wildman–Crippen MR) is 80.7 cm³/mol. The molecule has 0 bridgehead atoms. The molecular formula is C13H23ClN2OS. The summed E-state index contributed by atoms with van der Waals surface area (Å²) in [7, 11) is 1.86. The average molecular weight is 291 g/mol. The first-order chi connectivity index (χ1) is 7.95. The van der Waals surface area contributed by atoms with Crippen molar-refractivity contribution in [3.63, 3.8) is 0 Å². The molecule has 1 rings (SSSR count). The van der Waals surface area contributed by atoms with Crippen molar-refractivity contribution in [2.75, 3.05) is 13.6 Å². The standard InChI is InChI=1S/C13H22N2OS.ClH/c1-8(7-14-5)13(16)15-10(3)12-6-9(2)17-11(12)4;/h6,8,10,14H,7H2,1-5H3,(H,15,16);1H. The van der Waals surface area contributed by atoms with Crippen LogP contribution < -0.4 is 10.6 Å². The van der Waals surface area contributed by atoms with Gasteiger partial charge in [0.1, 0.15) is 0 Å². The van der Waals surface area contributed by atoms with Crippen LogP contribution in [-0.2, 0) is 4.79 Å². The molecule has 1 amide bonds. The third kappa shape index (κ3) is 4.59. The summed E-state index contributed by atoms with van der Waals surface area (Å²) in [5.41, 5.74) is 1.23. The maximum atomic E-state index is 11.9. The van der Waals surface area contributed by atoms with Crippen molar-refractivity contribution in [1.29, 1.82) is 0 Å². The van der Waals surface area contributed by atoms with E-state index >= 15 is 0 Å². The highest BCUT2D eigenvalue weighted by molar-refractivity contribution is 7.12. The summed E-state index contributed by atoms with van der Waals surface area (Å²) < 4.78 is 0. The summed E-state index contributed by atoms with van der Waals surface area (Å²) in [5, 5.41) is 6.08. The molecule has 0 aliphatic heterocycles. The normalized spacial score (nSPS) is 13.6. The molecule has 2 unspecified atom stereocenters. The van der Waals surface area contributed by atoms with E-state index in [9.17, 15) is 4.79 Å². The first kappa shape index (κ1) is 17.4. The third-order valence-electron chi connectivity index (χ3n) is 2.86. The van der Waals surface area contributed by atoms with Gasteiger partial charge in [-0.15, -0.1) is 23.7 Å². The Morgan fingerprint density at radius 2 is 2.00 bits per heavy atom. The van der Waals surface area contributed by atoms with Crippen LogP contribution in [-0.4, -0.2) is 19.5 Å². The van der Waals surface area contributed by atoms with Gasteiger partial charge in [-0.2, -0.15) is 0 Å². The van der Waals surface area contributed by atoms with Gasteiger partial charge < -0.3 is 10.6 Å². The summed E-state index contributed by atoms with van der Waals surface area (Å²) in [6.45, 7) is 8.88. The van der Waals surface area contributed by atoms with Gasteiger partial charge in [-0.1, -0.05) is 6.92 Å². The first-order valence-electron chi connectivity index (χ1n) is 5.97. The smallest absolute Gasteiger partial charge is 0.224 e. The third-order valence-corrected chi connectivity index (χ3v) is 3.84. The summed E-state index contributed by atoms with van der Waals surface area (Å²) in [6.07, 6.45) is 0. The summed E-state index contributed by atoms with van der Waals surface area (Å²) in [5.74, 6) is 0.109. The molecule has 2 atom stereocenters. The van der Waals surface area contributed by atoms with E-state index in [1.165, 1.54) is 15.3 Å². The highest BCUT2D eigenvalue weighted by Gasteiger charge is 2.17. The van der Waals surface area contributed by atoms with E-state index in [0.29, 0.717) is 6.54 Å². The molecule has 0 radical (unpaired) electrons. The molecule has 3 nitrogen and oxygen atoms in total. The van der Waals surface area contributed by atoms with Crippen LogP contribution in [0.3, 0.4) is 0 Å². The Balaban J connectivity index is 0.00000289. The van der Waals surface area contributed by atoms with Gasteiger partial charge in [0.05, 0.1) is 6.04 Å². The number of nitrogens with one attached hydrogen (secondary N) is 2. The fourth-order valence-corrected chi connectivity index (χ4v) is 2.94. The zero-order chi connectivity index (χ0) is 13.0. The average Bonchev–Trinajstić information content (AvgIpc) is 2.58. The van der Waals surface area contributed by atoms with Crippen LogP contribution in [0.25, 0.3) is 0 Å². The van der Waals surface area contributed by atoms with Gasteiger partial charge in [0.2, 0.25) is 5.91 Å². The minimum Gasteiger partial charge on any atom is -0.349 e. The van der Waals surface area contributed by atoms with E-state index in [1.54, 1.807) is 11.3 Å². The van der Waals surface area contributed by atoms with Crippen molar-refractivity contribution in [1.82, 2.24) is 10.6 Å². The Morgan fingerprint density at radius 3 is 2.44 bits per heavy atom. The second kappa shape index (κ2) is 7.77. The van der Waals surface area contributed by atoms with Crippen molar-refractivity contribution in [3.05, 3.63) is 21.4 Å². The summed E-state index contributed by atoms with van der Waals surface area (Å²) >= 11 is 1.78. The summed E-state index contributed by atoms with van der Waals surface area (Å²) in [4.78, 5) is 14.5. The number of rotatable bonds is 5. The highest BCUT2D eigenvalue weighted by Crippen LogP contribution is 2.26. The fourth-order valence-electron chi connectivity index (χ4n) is 1.91. The molecule has 0 aliphatic rings. The lowest BCUT2D eigenvalue weighted by Gasteiger charge is -2.17. The number of halogens is 1. The van der Waals surface area contributed by atoms with Crippen LogP contribution >= 0.6 is 23.7 Å². The maximum absolute atomic E-state index is 11.9. The second-order valence-electron chi connectivity index (χ2n) is 4.56. The Bertz CT molecular complexity index is 392. The van der Waals surface area contributed by atoms with Gasteiger partial charge in [0.25, 0.3) is 0 Å². The van der Waals surface area contributed by atoms with E-state index in [1.807, 2.05) is 20.9 Å². The predicted octanol–water partition coefficient (Wildman–Crippen LogP) is 2.82. The molecule has 1 heterocycles. The van der Waals surface area contributed by atoms with Gasteiger partial charge >= 0.3 is 0 Å². The zero-order valence-corrected chi connectivity index (χ0v) is 13.3. The van der Waals surface area contributed by atoms with Crippen LogP contribution in [0.5, 0.6) is 0 Å². The number of amides is 1. The molecule has 1 aromatic rings. The molecule has 2 N–H and O–H groups in total. The van der Waals surface area contributed by atoms with Gasteiger partial charge in [-0.3, -0.25) is 4.79 Å². The van der Waals surface area contributed by atoms with E-state index in [4.69, 9.17) is 0 Å². The van der Waals surface area contributed by atoms with E-state index in [-0.39, 0.29) is 30.3 Å². The van der Waals surface area contributed by atoms with Gasteiger partial charge in [-0.25, -0.2) is 0 Å². The molecule has 0 aromatic carbocycles. The van der Waals surface area contributed by atoms with Crippen LogP contribution in [0.15, 0.2) is 6.07 Å². The summed E-state index contributed by atoms with van der Waals surface area (Å²) in [6, 6.07) is 2.25. The molecular weight excluding hydrogens is 268 g/mol. The zero-order valence-electron chi connectivity index (χ0n) is 11.7. The Labute approximate surface area is 120 Å². The fraction of sp³-hybridized carbons (Fsp3) is 0.615. The molecule has 0 aliphatic carbocycles. The van der Waals surface area contributed by atoms with Crippen molar-refractivity contribution < 1.29 is 4.79 Å². The first-order valence-corrected chi connectivity index (χ1v) is 6.79. The Hall–Kier alpha value is -0.580. The topological polar surface area (TPSA) is 41.1 Å². The monoisotopic (exact) mass is 290 g/mol. The molecule has 18 heavy (non-hydrogen) atoms. The molecule has 104 valence electrons. The maximum Gasteiger partial charge on any atom is 0.224 e. The van der Waals surface area contributed by atoms with Crippen molar-refractivity contribution in [3.8, 4) is 0 Å². The quantitative estimate of drug-likeness (QED) is 0.875. The van der Waals surface area contributed by atoms with Crippen molar-refractivity contribution in [2.45, 2.75) is 33.7 Å². The largest absolute Gasteiger partial charge is 0.349 e. The van der Waals surface area contributed by atoms with E-state index < -0.39 is 0 Å². The number of aryl methyl sites for hydroxylation is 2. The second-order valence-corrected chi connectivity index (χ2v) is 6.02. The number of carbonyl (C=O) groups excluding carboxylic acids is 1. The van der Waals surface area contributed by atoms with Crippen LogP contribution in [0.2, 0.25) is 0 Å². The van der Waals surface area contributed by atoms with Crippen molar-refractivity contribution >= 4 is 29.7 Å². The molecule has 0 saturated carbocycles. The van der Waals surface area contributed by atoms with Crippen LogP contribution in [0.1, 0.15) is 35.2 Å². The van der Waals surface area contributed by atoms with Crippen LogP contribution in [0.4, 0.5) is 0 Å². The number of hydrogen-bond donors (Lipinski definition) is 2. The highest BCUT2D eigenvalue weighted by atomic mass is 35.5. The number of carbonyl (C=O) groups is 1. The van der Waals surface area contributed by atoms with E-state index in [2.05, 4.69) is 30.5 Å². The lowest BCUT2D eigenvalue weighted by atomic mass is 10.1. The molecule has 1 aromatic heterocycles. The lowest BCUT2D eigenvalue weighted by Crippen LogP contribution is -2.35. The molecule has 0 saturated heterocycles. The minimum atomic E-state index is 0. The number of thiophene rings is 1. The van der Waals surface area contributed by atoms with E-state index in [0.717, 1.165) is 0 Å². The number of hydrogen-bond acceptors (Lipinski definition) is 3.